The van der Waals surface area contributed by atoms with E-state index < -0.39 is 0 Å². The Balaban J connectivity index is 2.35. The number of nitrogens with one attached hydrogen (secondary N) is 2. The SMILES string of the molecule is CCC(C)C(=O)NNc1nc2ccccc2c(=O)n1CC. The number of anilines is 1. The zero-order chi connectivity index (χ0) is 15.4. The second-order valence-electron chi connectivity index (χ2n) is 4.93. The topological polar surface area (TPSA) is 76.0 Å². The molecule has 0 aliphatic heterocycles. The fraction of sp³-hybridized carbons (Fsp3) is 0.400. The summed E-state index contributed by atoms with van der Waals surface area (Å²) in [5, 5.41) is 0.568. The lowest BCUT2D eigenvalue weighted by Gasteiger charge is -2.15. The van der Waals surface area contributed by atoms with Crippen LogP contribution in [-0.2, 0) is 11.3 Å². The first kappa shape index (κ1) is 15.0. The number of carbonyl (C=O) groups excluding carboxylic acids is 1. The molecule has 0 saturated heterocycles. The van der Waals surface area contributed by atoms with Crippen molar-refractivity contribution in [3.8, 4) is 0 Å². The Bertz CT molecular complexity index is 708. The first-order chi connectivity index (χ1) is 10.1. The number of aromatic nitrogens is 2. The molecule has 2 aromatic rings. The molecule has 0 bridgehead atoms. The van der Waals surface area contributed by atoms with Gasteiger partial charge in [0.1, 0.15) is 0 Å². The highest BCUT2D eigenvalue weighted by Crippen LogP contribution is 2.10. The lowest BCUT2D eigenvalue weighted by atomic mass is 10.1. The lowest BCUT2D eigenvalue weighted by molar-refractivity contribution is -0.124. The molecule has 112 valence electrons. The van der Waals surface area contributed by atoms with Crippen molar-refractivity contribution in [3.05, 3.63) is 34.6 Å². The number of fused-ring (bicyclic) bond motifs is 1. The molecule has 0 aliphatic rings. The van der Waals surface area contributed by atoms with Gasteiger partial charge < -0.3 is 0 Å². The molecule has 1 heterocycles. The van der Waals surface area contributed by atoms with Crippen LogP contribution < -0.4 is 16.4 Å². The van der Waals surface area contributed by atoms with Crippen molar-refractivity contribution in [2.45, 2.75) is 33.7 Å². The van der Waals surface area contributed by atoms with E-state index in [1.807, 2.05) is 32.9 Å². The standard InChI is InChI=1S/C15H20N4O2/c1-4-10(3)13(20)17-18-15-16-12-9-7-6-8-11(12)14(21)19(15)5-2/h6-10H,4-5H2,1-3H3,(H,16,18)(H,17,20). The first-order valence-corrected chi connectivity index (χ1v) is 7.13. The Kier molecular flexibility index (Phi) is 4.57. The summed E-state index contributed by atoms with van der Waals surface area (Å²) in [5.74, 6) is 0.125. The maximum Gasteiger partial charge on any atom is 0.262 e. The Morgan fingerprint density at radius 1 is 1.33 bits per heavy atom. The van der Waals surface area contributed by atoms with Gasteiger partial charge in [-0.25, -0.2) is 4.98 Å². The molecule has 6 heteroatoms. The third kappa shape index (κ3) is 3.04. The van der Waals surface area contributed by atoms with Crippen molar-refractivity contribution < 1.29 is 4.79 Å². The van der Waals surface area contributed by atoms with Gasteiger partial charge in [-0.3, -0.25) is 25.0 Å². The maximum absolute atomic E-state index is 12.4. The van der Waals surface area contributed by atoms with Gasteiger partial charge in [0.2, 0.25) is 11.9 Å². The molecular formula is C15H20N4O2. The molecule has 21 heavy (non-hydrogen) atoms. The van der Waals surface area contributed by atoms with Gasteiger partial charge in [-0.1, -0.05) is 26.0 Å². The van der Waals surface area contributed by atoms with Crippen LogP contribution in [-0.4, -0.2) is 15.5 Å². The second kappa shape index (κ2) is 6.39. The van der Waals surface area contributed by atoms with Crippen LogP contribution in [0, 0.1) is 5.92 Å². The van der Waals surface area contributed by atoms with E-state index in [0.717, 1.165) is 6.42 Å². The highest BCUT2D eigenvalue weighted by atomic mass is 16.2. The van der Waals surface area contributed by atoms with E-state index in [-0.39, 0.29) is 17.4 Å². The molecule has 0 spiro atoms. The van der Waals surface area contributed by atoms with Gasteiger partial charge in [0.05, 0.1) is 10.9 Å². The van der Waals surface area contributed by atoms with E-state index in [9.17, 15) is 9.59 Å². The number of carbonyl (C=O) groups is 1. The molecule has 1 unspecified atom stereocenters. The van der Waals surface area contributed by atoms with Crippen molar-refractivity contribution in [2.24, 2.45) is 5.92 Å². The summed E-state index contributed by atoms with van der Waals surface area (Å²) in [6.45, 7) is 6.12. The smallest absolute Gasteiger partial charge is 0.262 e. The second-order valence-corrected chi connectivity index (χ2v) is 4.93. The first-order valence-electron chi connectivity index (χ1n) is 7.13. The molecule has 6 nitrogen and oxygen atoms in total. The molecule has 1 aromatic heterocycles. The van der Waals surface area contributed by atoms with Gasteiger partial charge >= 0.3 is 0 Å². The van der Waals surface area contributed by atoms with Crippen LogP contribution in [0.1, 0.15) is 27.2 Å². The number of hydrogen-bond donors (Lipinski definition) is 2. The van der Waals surface area contributed by atoms with Crippen molar-refractivity contribution >= 4 is 22.8 Å². The summed E-state index contributed by atoms with van der Waals surface area (Å²) < 4.78 is 1.50. The number of nitrogens with zero attached hydrogens (tertiary/aromatic N) is 2. The van der Waals surface area contributed by atoms with E-state index in [2.05, 4.69) is 15.8 Å². The summed E-state index contributed by atoms with van der Waals surface area (Å²) in [4.78, 5) is 28.6. The van der Waals surface area contributed by atoms with Gasteiger partial charge in [0.25, 0.3) is 5.56 Å². The van der Waals surface area contributed by atoms with Gasteiger partial charge in [0.15, 0.2) is 0 Å². The fourth-order valence-electron chi connectivity index (χ4n) is 1.98. The highest BCUT2D eigenvalue weighted by molar-refractivity contribution is 5.80. The molecule has 1 atom stereocenters. The van der Waals surface area contributed by atoms with Crippen LogP contribution >= 0.6 is 0 Å². The Morgan fingerprint density at radius 3 is 2.71 bits per heavy atom. The summed E-state index contributed by atoms with van der Waals surface area (Å²) in [6, 6.07) is 7.16. The molecule has 0 fully saturated rings. The summed E-state index contributed by atoms with van der Waals surface area (Å²) >= 11 is 0. The normalized spacial score (nSPS) is 12.1. The van der Waals surface area contributed by atoms with Crippen LogP contribution in [0.4, 0.5) is 5.95 Å². The Labute approximate surface area is 123 Å². The van der Waals surface area contributed by atoms with Gasteiger partial charge in [0, 0.05) is 12.5 Å². The molecule has 1 aromatic carbocycles. The average Bonchev–Trinajstić information content (AvgIpc) is 2.52. The zero-order valence-corrected chi connectivity index (χ0v) is 12.5. The Morgan fingerprint density at radius 2 is 2.05 bits per heavy atom. The number of hydrogen-bond acceptors (Lipinski definition) is 4. The zero-order valence-electron chi connectivity index (χ0n) is 12.5. The molecule has 0 aliphatic carbocycles. The quantitative estimate of drug-likeness (QED) is 0.824. The van der Waals surface area contributed by atoms with Crippen molar-refractivity contribution in [1.29, 1.82) is 0 Å². The predicted molar refractivity (Wildman–Crippen MR) is 82.9 cm³/mol. The van der Waals surface area contributed by atoms with E-state index in [1.165, 1.54) is 4.57 Å². The number of para-hydroxylation sites is 1. The van der Waals surface area contributed by atoms with E-state index in [4.69, 9.17) is 0 Å². The third-order valence-corrected chi connectivity index (χ3v) is 3.54. The summed E-state index contributed by atoms with van der Waals surface area (Å²) in [7, 11) is 0. The minimum absolute atomic E-state index is 0.0974. The van der Waals surface area contributed by atoms with Crippen LogP contribution in [0.2, 0.25) is 0 Å². The maximum atomic E-state index is 12.4. The number of hydrazine groups is 1. The number of benzene rings is 1. The molecule has 0 radical (unpaired) electrons. The highest BCUT2D eigenvalue weighted by Gasteiger charge is 2.13. The minimum atomic E-state index is -0.123. The number of rotatable bonds is 5. The molecule has 0 saturated carbocycles. The predicted octanol–water partition coefficient (Wildman–Crippen LogP) is 1.91. The van der Waals surface area contributed by atoms with E-state index in [1.54, 1.807) is 12.1 Å². The Hall–Kier alpha value is -2.37. The van der Waals surface area contributed by atoms with Crippen LogP contribution in [0.25, 0.3) is 10.9 Å². The van der Waals surface area contributed by atoms with Crippen molar-refractivity contribution in [3.63, 3.8) is 0 Å². The monoisotopic (exact) mass is 288 g/mol. The van der Waals surface area contributed by atoms with Crippen molar-refractivity contribution in [1.82, 2.24) is 15.0 Å². The average molecular weight is 288 g/mol. The lowest BCUT2D eigenvalue weighted by Crippen LogP contribution is -2.37. The molecule has 2 rings (SSSR count). The van der Waals surface area contributed by atoms with Gasteiger partial charge in [-0.05, 0) is 25.5 Å². The van der Waals surface area contributed by atoms with Gasteiger partial charge in [-0.2, -0.15) is 0 Å². The van der Waals surface area contributed by atoms with Crippen LogP contribution in [0.3, 0.4) is 0 Å². The van der Waals surface area contributed by atoms with Gasteiger partial charge in [-0.15, -0.1) is 0 Å². The number of amides is 1. The molecular weight excluding hydrogens is 268 g/mol. The largest absolute Gasteiger partial charge is 0.277 e. The summed E-state index contributed by atoms with van der Waals surface area (Å²) in [5.41, 5.74) is 5.85. The van der Waals surface area contributed by atoms with Crippen molar-refractivity contribution in [2.75, 3.05) is 5.43 Å². The summed E-state index contributed by atoms with van der Waals surface area (Å²) in [6.07, 6.45) is 0.749. The van der Waals surface area contributed by atoms with E-state index in [0.29, 0.717) is 23.4 Å². The van der Waals surface area contributed by atoms with E-state index >= 15 is 0 Å². The minimum Gasteiger partial charge on any atom is -0.277 e. The molecule has 2 N–H and O–H groups in total. The molecule has 1 amide bonds. The third-order valence-electron chi connectivity index (χ3n) is 3.54. The van der Waals surface area contributed by atoms with Crippen LogP contribution in [0.15, 0.2) is 29.1 Å². The fourth-order valence-corrected chi connectivity index (χ4v) is 1.98. The van der Waals surface area contributed by atoms with Crippen LogP contribution in [0.5, 0.6) is 0 Å².